The summed E-state index contributed by atoms with van der Waals surface area (Å²) in [6, 6.07) is 7.66. The van der Waals surface area contributed by atoms with Crippen LogP contribution < -0.4 is 5.73 Å². The summed E-state index contributed by atoms with van der Waals surface area (Å²) in [4.78, 5) is 7.84. The predicted octanol–water partition coefficient (Wildman–Crippen LogP) is 3.31. The Balaban J connectivity index is 2.51. The van der Waals surface area contributed by atoms with Crippen LogP contribution in [0.4, 0.5) is 0 Å². The molecule has 0 saturated heterocycles. The molecule has 0 fully saturated rings. The van der Waals surface area contributed by atoms with Crippen molar-refractivity contribution in [1.82, 2.24) is 9.97 Å². The fourth-order valence-electron chi connectivity index (χ4n) is 1.84. The second kappa shape index (κ2) is 4.90. The second-order valence-electron chi connectivity index (χ2n) is 4.29. The van der Waals surface area contributed by atoms with Crippen LogP contribution in [-0.4, -0.2) is 9.97 Å². The maximum Gasteiger partial charge on any atom is 0.139 e. The zero-order valence-electron chi connectivity index (χ0n) is 10.00. The van der Waals surface area contributed by atoms with E-state index in [0.29, 0.717) is 17.5 Å². The average molecular weight is 250 g/mol. The van der Waals surface area contributed by atoms with Crippen LogP contribution in [0.2, 0.25) is 5.02 Å². The molecule has 2 rings (SSSR count). The lowest BCUT2D eigenvalue weighted by atomic mass is 10.1. The van der Waals surface area contributed by atoms with Gasteiger partial charge in [-0.2, -0.15) is 0 Å². The van der Waals surface area contributed by atoms with Gasteiger partial charge in [0.15, 0.2) is 0 Å². The van der Waals surface area contributed by atoms with E-state index in [1.165, 1.54) is 0 Å². The van der Waals surface area contributed by atoms with Gasteiger partial charge in [0.25, 0.3) is 0 Å². The molecule has 2 aromatic rings. The summed E-state index contributed by atoms with van der Waals surface area (Å²) in [5.41, 5.74) is 8.62. The number of hydrogen-bond acceptors (Lipinski definition) is 2. The fraction of sp³-hybridized carbons (Fsp3) is 0.308. The molecule has 1 heterocycles. The van der Waals surface area contributed by atoms with Crippen molar-refractivity contribution in [3.63, 3.8) is 0 Å². The molecule has 17 heavy (non-hydrogen) atoms. The van der Waals surface area contributed by atoms with Gasteiger partial charge in [-0.25, -0.2) is 4.98 Å². The lowest BCUT2D eigenvalue weighted by Crippen LogP contribution is -2.02. The molecule has 0 aliphatic heterocycles. The smallest absolute Gasteiger partial charge is 0.139 e. The Bertz CT molecular complexity index is 517. The first-order chi connectivity index (χ1) is 8.13. The Hall–Kier alpha value is -1.32. The highest BCUT2D eigenvalue weighted by molar-refractivity contribution is 6.33. The Morgan fingerprint density at radius 3 is 2.59 bits per heavy atom. The van der Waals surface area contributed by atoms with E-state index in [1.807, 2.05) is 24.3 Å². The molecule has 3 N–H and O–H groups in total. The van der Waals surface area contributed by atoms with Crippen LogP contribution in [0.3, 0.4) is 0 Å². The molecule has 3 nitrogen and oxygen atoms in total. The van der Waals surface area contributed by atoms with Crippen LogP contribution >= 0.6 is 11.6 Å². The summed E-state index contributed by atoms with van der Waals surface area (Å²) in [5.74, 6) is 1.14. The van der Waals surface area contributed by atoms with Gasteiger partial charge in [-0.3, -0.25) is 0 Å². The molecule has 0 aliphatic carbocycles. The number of aromatic nitrogens is 2. The summed E-state index contributed by atoms with van der Waals surface area (Å²) in [5, 5.41) is 0.695. The van der Waals surface area contributed by atoms with Gasteiger partial charge in [-0.15, -0.1) is 0 Å². The summed E-state index contributed by atoms with van der Waals surface area (Å²) in [6.45, 7) is 4.67. The van der Waals surface area contributed by atoms with Crippen molar-refractivity contribution in [2.75, 3.05) is 0 Å². The number of aromatic amines is 1. The quantitative estimate of drug-likeness (QED) is 0.877. The first kappa shape index (κ1) is 12.1. The van der Waals surface area contributed by atoms with Crippen LogP contribution in [0.15, 0.2) is 24.3 Å². The number of H-pyrrole nitrogens is 1. The van der Waals surface area contributed by atoms with Crippen molar-refractivity contribution in [2.24, 2.45) is 5.73 Å². The first-order valence-electron chi connectivity index (χ1n) is 5.67. The van der Waals surface area contributed by atoms with E-state index in [1.54, 1.807) is 0 Å². The number of benzene rings is 1. The Morgan fingerprint density at radius 1 is 1.35 bits per heavy atom. The number of halogens is 1. The van der Waals surface area contributed by atoms with Gasteiger partial charge in [0.2, 0.25) is 0 Å². The Morgan fingerprint density at radius 2 is 2.06 bits per heavy atom. The predicted molar refractivity (Wildman–Crippen MR) is 71.0 cm³/mol. The molecular formula is C13H16ClN3. The summed E-state index contributed by atoms with van der Waals surface area (Å²) in [6.07, 6.45) is 0. The van der Waals surface area contributed by atoms with Gasteiger partial charge in [-0.05, 0) is 18.1 Å². The molecule has 0 bridgehead atoms. The van der Waals surface area contributed by atoms with Crippen molar-refractivity contribution in [3.8, 4) is 11.4 Å². The molecule has 0 saturated carbocycles. The minimum absolute atomic E-state index is 0.348. The van der Waals surface area contributed by atoms with Gasteiger partial charge in [-0.1, -0.05) is 37.6 Å². The van der Waals surface area contributed by atoms with E-state index in [2.05, 4.69) is 23.8 Å². The van der Waals surface area contributed by atoms with Crippen molar-refractivity contribution in [1.29, 1.82) is 0 Å². The van der Waals surface area contributed by atoms with Gasteiger partial charge < -0.3 is 10.7 Å². The molecule has 0 unspecified atom stereocenters. The van der Waals surface area contributed by atoms with Crippen molar-refractivity contribution >= 4 is 11.6 Å². The van der Waals surface area contributed by atoms with Gasteiger partial charge in [0.1, 0.15) is 5.82 Å². The van der Waals surface area contributed by atoms with Crippen LogP contribution in [0, 0.1) is 0 Å². The normalized spacial score (nSPS) is 11.1. The molecule has 0 spiro atoms. The fourth-order valence-corrected chi connectivity index (χ4v) is 2.06. The number of nitrogens with zero attached hydrogens (tertiary/aromatic N) is 1. The van der Waals surface area contributed by atoms with Crippen molar-refractivity contribution in [3.05, 3.63) is 40.7 Å². The summed E-state index contributed by atoms with van der Waals surface area (Å²) >= 11 is 6.15. The summed E-state index contributed by atoms with van der Waals surface area (Å²) < 4.78 is 0. The van der Waals surface area contributed by atoms with E-state index < -0.39 is 0 Å². The third kappa shape index (κ3) is 2.35. The highest BCUT2D eigenvalue weighted by Crippen LogP contribution is 2.28. The lowest BCUT2D eigenvalue weighted by Gasteiger charge is -2.01. The maximum absolute atomic E-state index is 6.15. The van der Waals surface area contributed by atoms with Crippen LogP contribution in [0.5, 0.6) is 0 Å². The zero-order chi connectivity index (χ0) is 12.4. The first-order valence-corrected chi connectivity index (χ1v) is 6.05. The molecule has 1 aromatic heterocycles. The third-order valence-electron chi connectivity index (χ3n) is 2.69. The topological polar surface area (TPSA) is 54.7 Å². The van der Waals surface area contributed by atoms with E-state index >= 15 is 0 Å². The van der Waals surface area contributed by atoms with Crippen LogP contribution in [0.25, 0.3) is 11.4 Å². The standard InChI is InChI=1S/C13H16ClN3/c1-8(2)12-11(7-15)16-13(17-12)9-5-3-4-6-10(9)14/h3-6,8H,7,15H2,1-2H3,(H,16,17). The van der Waals surface area contributed by atoms with Crippen LogP contribution in [-0.2, 0) is 6.54 Å². The molecule has 1 aromatic carbocycles. The molecule has 4 heteroatoms. The van der Waals surface area contributed by atoms with Crippen molar-refractivity contribution < 1.29 is 0 Å². The number of hydrogen-bond donors (Lipinski definition) is 2. The van der Waals surface area contributed by atoms with E-state index in [9.17, 15) is 0 Å². The van der Waals surface area contributed by atoms with Gasteiger partial charge in [0, 0.05) is 12.1 Å². The molecule has 90 valence electrons. The molecule has 0 radical (unpaired) electrons. The molecular weight excluding hydrogens is 234 g/mol. The van der Waals surface area contributed by atoms with Gasteiger partial charge >= 0.3 is 0 Å². The summed E-state index contributed by atoms with van der Waals surface area (Å²) in [7, 11) is 0. The molecule has 0 aliphatic rings. The third-order valence-corrected chi connectivity index (χ3v) is 3.02. The zero-order valence-corrected chi connectivity index (χ0v) is 10.8. The highest BCUT2D eigenvalue weighted by Gasteiger charge is 2.14. The monoisotopic (exact) mass is 249 g/mol. The number of nitrogens with one attached hydrogen (secondary N) is 1. The van der Waals surface area contributed by atoms with E-state index in [-0.39, 0.29) is 0 Å². The molecule has 0 amide bonds. The second-order valence-corrected chi connectivity index (χ2v) is 4.70. The Kier molecular flexibility index (Phi) is 3.50. The minimum atomic E-state index is 0.348. The maximum atomic E-state index is 6.15. The minimum Gasteiger partial charge on any atom is -0.341 e. The number of rotatable bonds is 3. The largest absolute Gasteiger partial charge is 0.341 e. The Labute approximate surface area is 106 Å². The van der Waals surface area contributed by atoms with E-state index in [0.717, 1.165) is 22.8 Å². The number of imidazole rings is 1. The van der Waals surface area contributed by atoms with E-state index in [4.69, 9.17) is 17.3 Å². The number of nitrogens with two attached hydrogens (primary N) is 1. The highest BCUT2D eigenvalue weighted by atomic mass is 35.5. The van der Waals surface area contributed by atoms with Crippen LogP contribution in [0.1, 0.15) is 31.2 Å². The lowest BCUT2D eigenvalue weighted by molar-refractivity contribution is 0.806. The average Bonchev–Trinajstić information content (AvgIpc) is 2.73. The van der Waals surface area contributed by atoms with Gasteiger partial charge in [0.05, 0.1) is 16.4 Å². The van der Waals surface area contributed by atoms with Crippen molar-refractivity contribution in [2.45, 2.75) is 26.3 Å². The SMILES string of the molecule is CC(C)c1nc(-c2ccccc2Cl)[nH]c1CN. The molecule has 0 atom stereocenters.